The fourth-order valence-corrected chi connectivity index (χ4v) is 2.12. The Labute approximate surface area is 102 Å². The Morgan fingerprint density at radius 3 is 2.12 bits per heavy atom. The van der Waals surface area contributed by atoms with Gasteiger partial charge in [-0.05, 0) is 33.6 Å². The SMILES string of the molecule is CC(C)(C)OC(=O)C1(NC(=O)O)CCCCC1. The second-order valence-corrected chi connectivity index (χ2v) is 5.57. The minimum absolute atomic E-state index is 0.452. The zero-order chi connectivity index (χ0) is 13.1. The number of rotatable bonds is 2. The lowest BCUT2D eigenvalue weighted by atomic mass is 9.81. The molecule has 98 valence electrons. The highest BCUT2D eigenvalue weighted by atomic mass is 16.6. The summed E-state index contributed by atoms with van der Waals surface area (Å²) in [4.78, 5) is 22.9. The number of carbonyl (C=O) groups excluding carboxylic acids is 1. The summed E-state index contributed by atoms with van der Waals surface area (Å²) in [6.45, 7) is 5.34. The minimum Gasteiger partial charge on any atom is -0.465 e. The van der Waals surface area contributed by atoms with Crippen molar-refractivity contribution in [3.63, 3.8) is 0 Å². The van der Waals surface area contributed by atoms with E-state index in [2.05, 4.69) is 5.32 Å². The van der Waals surface area contributed by atoms with Crippen LogP contribution >= 0.6 is 0 Å². The van der Waals surface area contributed by atoms with Crippen LogP contribution in [0.3, 0.4) is 0 Å². The predicted octanol–water partition coefficient (Wildman–Crippen LogP) is 2.30. The molecule has 17 heavy (non-hydrogen) atoms. The highest BCUT2D eigenvalue weighted by molar-refractivity contribution is 5.85. The predicted molar refractivity (Wildman–Crippen MR) is 62.8 cm³/mol. The minimum atomic E-state index is -1.17. The second kappa shape index (κ2) is 4.94. The van der Waals surface area contributed by atoms with Crippen LogP contribution in [0.1, 0.15) is 52.9 Å². The molecule has 2 N–H and O–H groups in total. The van der Waals surface area contributed by atoms with Crippen molar-refractivity contribution in [3.05, 3.63) is 0 Å². The summed E-state index contributed by atoms with van der Waals surface area (Å²) in [5, 5.41) is 11.2. The molecule has 1 aliphatic carbocycles. The second-order valence-electron chi connectivity index (χ2n) is 5.57. The van der Waals surface area contributed by atoms with Gasteiger partial charge in [0.1, 0.15) is 11.1 Å². The Kier molecular flexibility index (Phi) is 4.01. The van der Waals surface area contributed by atoms with Gasteiger partial charge in [0.25, 0.3) is 0 Å². The van der Waals surface area contributed by atoms with Gasteiger partial charge in [-0.3, -0.25) is 0 Å². The van der Waals surface area contributed by atoms with E-state index in [1.54, 1.807) is 20.8 Å². The van der Waals surface area contributed by atoms with E-state index in [0.717, 1.165) is 19.3 Å². The van der Waals surface area contributed by atoms with Gasteiger partial charge in [-0.15, -0.1) is 0 Å². The first kappa shape index (κ1) is 13.8. The molecule has 0 bridgehead atoms. The number of hydrogen-bond donors (Lipinski definition) is 2. The van der Waals surface area contributed by atoms with Gasteiger partial charge in [0.15, 0.2) is 0 Å². The number of esters is 1. The highest BCUT2D eigenvalue weighted by Crippen LogP contribution is 2.30. The molecule has 1 fully saturated rings. The van der Waals surface area contributed by atoms with E-state index in [4.69, 9.17) is 9.84 Å². The zero-order valence-corrected chi connectivity index (χ0v) is 10.7. The zero-order valence-electron chi connectivity index (χ0n) is 10.7. The topological polar surface area (TPSA) is 75.6 Å². The van der Waals surface area contributed by atoms with E-state index in [-0.39, 0.29) is 0 Å². The number of hydrogen-bond acceptors (Lipinski definition) is 3. The van der Waals surface area contributed by atoms with Crippen molar-refractivity contribution in [2.45, 2.75) is 64.0 Å². The molecular formula is C12H21NO4. The largest absolute Gasteiger partial charge is 0.465 e. The van der Waals surface area contributed by atoms with Crippen molar-refractivity contribution in [3.8, 4) is 0 Å². The van der Waals surface area contributed by atoms with Crippen LogP contribution in [0.5, 0.6) is 0 Å². The van der Waals surface area contributed by atoms with Gasteiger partial charge in [-0.2, -0.15) is 0 Å². The van der Waals surface area contributed by atoms with E-state index in [1.165, 1.54) is 0 Å². The van der Waals surface area contributed by atoms with E-state index < -0.39 is 23.2 Å². The Morgan fingerprint density at radius 1 is 1.18 bits per heavy atom. The molecule has 0 aromatic heterocycles. The highest BCUT2D eigenvalue weighted by Gasteiger charge is 2.43. The van der Waals surface area contributed by atoms with Crippen molar-refractivity contribution >= 4 is 12.1 Å². The van der Waals surface area contributed by atoms with Crippen LogP contribution in [0.25, 0.3) is 0 Å². The van der Waals surface area contributed by atoms with E-state index in [9.17, 15) is 9.59 Å². The van der Waals surface area contributed by atoms with Crippen LogP contribution in [0.2, 0.25) is 0 Å². The smallest absolute Gasteiger partial charge is 0.405 e. The number of ether oxygens (including phenoxy) is 1. The molecule has 1 amide bonds. The molecule has 5 heteroatoms. The molecule has 1 rings (SSSR count). The summed E-state index contributed by atoms with van der Waals surface area (Å²) in [5.74, 6) is -0.452. The Hall–Kier alpha value is -1.26. The van der Waals surface area contributed by atoms with E-state index in [1.807, 2.05) is 0 Å². The molecule has 1 aliphatic rings. The average Bonchev–Trinajstić information content (AvgIpc) is 2.15. The lowest BCUT2D eigenvalue weighted by Crippen LogP contribution is -2.57. The number of amides is 1. The number of carbonyl (C=O) groups is 2. The van der Waals surface area contributed by atoms with Crippen LogP contribution in [-0.4, -0.2) is 28.3 Å². The lowest BCUT2D eigenvalue weighted by Gasteiger charge is -2.36. The van der Waals surface area contributed by atoms with Crippen molar-refractivity contribution in [2.75, 3.05) is 0 Å². The van der Waals surface area contributed by atoms with Crippen LogP contribution in [-0.2, 0) is 9.53 Å². The number of nitrogens with one attached hydrogen (secondary N) is 1. The Balaban J connectivity index is 2.81. The molecule has 5 nitrogen and oxygen atoms in total. The van der Waals surface area contributed by atoms with Crippen molar-refractivity contribution in [2.24, 2.45) is 0 Å². The first-order chi connectivity index (χ1) is 7.75. The molecule has 0 aromatic carbocycles. The fourth-order valence-electron chi connectivity index (χ4n) is 2.12. The van der Waals surface area contributed by atoms with E-state index in [0.29, 0.717) is 12.8 Å². The molecule has 0 aliphatic heterocycles. The summed E-state index contributed by atoms with van der Waals surface area (Å²) in [6.07, 6.45) is 2.60. The summed E-state index contributed by atoms with van der Waals surface area (Å²) >= 11 is 0. The maximum atomic E-state index is 12.1. The Bertz CT molecular complexity index is 300. The summed E-state index contributed by atoms with van der Waals surface area (Å²) in [6, 6.07) is 0. The lowest BCUT2D eigenvalue weighted by molar-refractivity contribution is -0.164. The van der Waals surface area contributed by atoms with Crippen LogP contribution in [0, 0.1) is 0 Å². The molecule has 0 aromatic rings. The molecule has 0 radical (unpaired) electrons. The quantitative estimate of drug-likeness (QED) is 0.730. The third-order valence-corrected chi connectivity index (χ3v) is 2.84. The molecule has 1 saturated carbocycles. The van der Waals surface area contributed by atoms with Crippen molar-refractivity contribution in [1.29, 1.82) is 0 Å². The summed E-state index contributed by atoms with van der Waals surface area (Å²) < 4.78 is 5.32. The summed E-state index contributed by atoms with van der Waals surface area (Å²) in [7, 11) is 0. The van der Waals surface area contributed by atoms with Gasteiger partial charge in [-0.25, -0.2) is 9.59 Å². The fraction of sp³-hybridized carbons (Fsp3) is 0.833. The standard InChI is InChI=1S/C12H21NO4/c1-11(2,3)17-9(14)12(13-10(15)16)7-5-4-6-8-12/h13H,4-8H2,1-3H3,(H,15,16). The molecule has 0 unspecified atom stereocenters. The van der Waals surface area contributed by atoms with Gasteiger partial charge >= 0.3 is 12.1 Å². The summed E-state index contributed by atoms with van der Waals surface area (Å²) in [5.41, 5.74) is -1.64. The van der Waals surface area contributed by atoms with Gasteiger partial charge in [0.2, 0.25) is 0 Å². The van der Waals surface area contributed by atoms with Gasteiger partial charge in [-0.1, -0.05) is 19.3 Å². The average molecular weight is 243 g/mol. The van der Waals surface area contributed by atoms with Crippen LogP contribution in [0.15, 0.2) is 0 Å². The maximum Gasteiger partial charge on any atom is 0.405 e. The van der Waals surface area contributed by atoms with Gasteiger partial charge in [0, 0.05) is 0 Å². The molecule has 0 spiro atoms. The molecular weight excluding hydrogens is 222 g/mol. The first-order valence-corrected chi connectivity index (χ1v) is 6.00. The Morgan fingerprint density at radius 2 is 1.71 bits per heavy atom. The third kappa shape index (κ3) is 3.91. The van der Waals surface area contributed by atoms with Crippen molar-refractivity contribution in [1.82, 2.24) is 5.32 Å². The van der Waals surface area contributed by atoms with Crippen molar-refractivity contribution < 1.29 is 19.4 Å². The number of carboxylic acid groups (broad SMARTS) is 1. The molecule has 0 heterocycles. The monoisotopic (exact) mass is 243 g/mol. The molecule has 0 atom stereocenters. The normalized spacial score (nSPS) is 19.5. The molecule has 0 saturated heterocycles. The van der Waals surface area contributed by atoms with Gasteiger partial charge < -0.3 is 15.2 Å². The maximum absolute atomic E-state index is 12.1. The van der Waals surface area contributed by atoms with Crippen LogP contribution in [0.4, 0.5) is 4.79 Å². The third-order valence-electron chi connectivity index (χ3n) is 2.84. The van der Waals surface area contributed by atoms with Crippen LogP contribution < -0.4 is 5.32 Å². The first-order valence-electron chi connectivity index (χ1n) is 6.00. The van der Waals surface area contributed by atoms with E-state index >= 15 is 0 Å². The van der Waals surface area contributed by atoms with Gasteiger partial charge in [0.05, 0.1) is 0 Å².